The van der Waals surface area contributed by atoms with E-state index in [0.29, 0.717) is 29.0 Å². The predicted octanol–water partition coefficient (Wildman–Crippen LogP) is 4.30. The molecule has 0 fully saturated rings. The molecule has 0 atom stereocenters. The summed E-state index contributed by atoms with van der Waals surface area (Å²) < 4.78 is 71.1. The molecular formula is C21H17F3N4O3S. The van der Waals surface area contributed by atoms with Crippen molar-refractivity contribution in [2.45, 2.75) is 11.1 Å². The Morgan fingerprint density at radius 2 is 1.75 bits per heavy atom. The maximum Gasteiger partial charge on any atom is 0.416 e. The summed E-state index contributed by atoms with van der Waals surface area (Å²) in [5, 5.41) is 3.78. The second kappa shape index (κ2) is 8.60. The fraction of sp³-hybridized carbons (Fsp3) is 0.143. The molecule has 2 aromatic heterocycles. The van der Waals surface area contributed by atoms with Gasteiger partial charge in [-0.15, -0.1) is 0 Å². The molecule has 166 valence electrons. The lowest BCUT2D eigenvalue weighted by atomic mass is 10.2. The topological polar surface area (TPSA) is 97.1 Å². The summed E-state index contributed by atoms with van der Waals surface area (Å²) in [7, 11) is -4.12. The van der Waals surface area contributed by atoms with Gasteiger partial charge in [0.2, 0.25) is 10.0 Å². The van der Waals surface area contributed by atoms with Crippen molar-refractivity contribution in [1.29, 1.82) is 0 Å². The van der Waals surface area contributed by atoms with Crippen LogP contribution in [0.1, 0.15) is 5.56 Å². The van der Waals surface area contributed by atoms with Crippen LogP contribution >= 0.6 is 0 Å². The average molecular weight is 462 g/mol. The molecule has 0 aliphatic carbocycles. The number of hydrogen-bond acceptors (Lipinski definition) is 6. The van der Waals surface area contributed by atoms with Gasteiger partial charge >= 0.3 is 6.18 Å². The number of fused-ring (bicyclic) bond motifs is 1. The van der Waals surface area contributed by atoms with Crippen LogP contribution in [0.5, 0.6) is 0 Å². The number of nitrogens with one attached hydrogen (secondary N) is 2. The van der Waals surface area contributed by atoms with E-state index in [1.54, 1.807) is 12.1 Å². The molecule has 4 rings (SSSR count). The van der Waals surface area contributed by atoms with E-state index in [9.17, 15) is 21.6 Å². The third kappa shape index (κ3) is 4.73. The molecule has 0 spiro atoms. The van der Waals surface area contributed by atoms with Gasteiger partial charge in [-0.25, -0.2) is 23.1 Å². The summed E-state index contributed by atoms with van der Waals surface area (Å²) in [6, 6.07) is 14.3. The Labute approximate surface area is 181 Å². The van der Waals surface area contributed by atoms with Gasteiger partial charge in [-0.3, -0.25) is 0 Å². The lowest BCUT2D eigenvalue weighted by Gasteiger charge is -2.12. The first kappa shape index (κ1) is 21.8. The molecule has 11 heteroatoms. The summed E-state index contributed by atoms with van der Waals surface area (Å²) >= 11 is 0. The summed E-state index contributed by atoms with van der Waals surface area (Å²) in [4.78, 5) is 8.46. The van der Waals surface area contributed by atoms with E-state index in [1.165, 1.54) is 6.26 Å². The number of anilines is 1. The lowest BCUT2D eigenvalue weighted by Crippen LogP contribution is -2.29. The third-order valence-electron chi connectivity index (χ3n) is 4.53. The van der Waals surface area contributed by atoms with Gasteiger partial charge in [0.15, 0.2) is 11.6 Å². The minimum atomic E-state index is -4.63. The van der Waals surface area contributed by atoms with E-state index >= 15 is 0 Å². The highest BCUT2D eigenvalue weighted by Gasteiger charge is 2.31. The first-order valence-electron chi connectivity index (χ1n) is 9.45. The molecule has 32 heavy (non-hydrogen) atoms. The monoisotopic (exact) mass is 462 g/mol. The van der Waals surface area contributed by atoms with Crippen LogP contribution in [-0.2, 0) is 16.2 Å². The Hall–Kier alpha value is -3.44. The van der Waals surface area contributed by atoms with Crippen LogP contribution in [0.2, 0.25) is 0 Å². The van der Waals surface area contributed by atoms with Crippen molar-refractivity contribution in [1.82, 2.24) is 14.7 Å². The van der Waals surface area contributed by atoms with E-state index in [-0.39, 0.29) is 13.1 Å². The number of hydrogen-bond donors (Lipinski definition) is 2. The molecule has 2 aromatic carbocycles. The molecular weight excluding hydrogens is 445 g/mol. The maximum absolute atomic E-state index is 12.9. The number of furan rings is 1. The summed E-state index contributed by atoms with van der Waals surface area (Å²) in [6.45, 7) is 0.0593. The zero-order valence-electron chi connectivity index (χ0n) is 16.4. The molecule has 0 bridgehead atoms. The zero-order valence-corrected chi connectivity index (χ0v) is 17.2. The molecule has 0 saturated heterocycles. The van der Waals surface area contributed by atoms with Crippen molar-refractivity contribution < 1.29 is 26.0 Å². The molecule has 4 aromatic rings. The largest absolute Gasteiger partial charge is 0.461 e. The number of para-hydroxylation sites is 1. The maximum atomic E-state index is 12.9. The molecule has 0 amide bonds. The van der Waals surface area contributed by atoms with E-state index < -0.39 is 26.7 Å². The lowest BCUT2D eigenvalue weighted by molar-refractivity contribution is -0.137. The van der Waals surface area contributed by atoms with Gasteiger partial charge in [0.1, 0.15) is 5.82 Å². The SMILES string of the molecule is O=S(=O)(NCCNc1nc(-c2ccco2)nc2ccccc12)c1cccc(C(F)(F)F)c1. The Bertz CT molecular complexity index is 1340. The second-order valence-corrected chi connectivity index (χ2v) is 8.51. The highest BCUT2D eigenvalue weighted by Crippen LogP contribution is 2.30. The average Bonchev–Trinajstić information content (AvgIpc) is 3.31. The van der Waals surface area contributed by atoms with Crippen molar-refractivity contribution in [2.75, 3.05) is 18.4 Å². The minimum absolute atomic E-state index is 0.0764. The van der Waals surface area contributed by atoms with Crippen LogP contribution in [0, 0.1) is 0 Å². The first-order chi connectivity index (χ1) is 15.2. The van der Waals surface area contributed by atoms with Crippen molar-refractivity contribution >= 4 is 26.7 Å². The summed E-state index contributed by atoms with van der Waals surface area (Å²) in [6.07, 6.45) is -3.13. The number of nitrogens with zero attached hydrogens (tertiary/aromatic N) is 2. The molecule has 0 radical (unpaired) electrons. The Morgan fingerprint density at radius 1 is 0.938 bits per heavy atom. The fourth-order valence-corrected chi connectivity index (χ4v) is 4.09. The Morgan fingerprint density at radius 3 is 2.50 bits per heavy atom. The normalized spacial score (nSPS) is 12.2. The number of sulfonamides is 1. The van der Waals surface area contributed by atoms with Gasteiger partial charge in [0.25, 0.3) is 0 Å². The van der Waals surface area contributed by atoms with E-state index in [2.05, 4.69) is 20.0 Å². The standard InChI is InChI=1S/C21H17F3N4O3S/c22-21(23,24)14-5-3-6-15(13-14)32(29,30)26-11-10-25-19-16-7-1-2-8-17(16)27-20(28-19)18-9-4-12-31-18/h1-9,12-13,26H,10-11H2,(H,25,27,28). The smallest absolute Gasteiger partial charge is 0.416 e. The third-order valence-corrected chi connectivity index (χ3v) is 5.98. The number of benzene rings is 2. The quantitative estimate of drug-likeness (QED) is 0.398. The fourth-order valence-electron chi connectivity index (χ4n) is 3.02. The Kier molecular flexibility index (Phi) is 5.85. The number of aromatic nitrogens is 2. The van der Waals surface area contributed by atoms with Gasteiger partial charge in [0, 0.05) is 18.5 Å². The highest BCUT2D eigenvalue weighted by molar-refractivity contribution is 7.89. The van der Waals surface area contributed by atoms with Gasteiger partial charge in [-0.1, -0.05) is 18.2 Å². The molecule has 0 unspecified atom stereocenters. The van der Waals surface area contributed by atoms with Crippen LogP contribution < -0.4 is 10.0 Å². The van der Waals surface area contributed by atoms with Crippen molar-refractivity contribution in [3.05, 3.63) is 72.5 Å². The van der Waals surface area contributed by atoms with Gasteiger partial charge in [-0.05, 0) is 42.5 Å². The molecule has 0 aliphatic rings. The van der Waals surface area contributed by atoms with Crippen molar-refractivity contribution in [2.24, 2.45) is 0 Å². The van der Waals surface area contributed by atoms with Crippen LogP contribution in [0.4, 0.5) is 19.0 Å². The van der Waals surface area contributed by atoms with Crippen LogP contribution in [0.25, 0.3) is 22.5 Å². The first-order valence-corrected chi connectivity index (χ1v) is 10.9. The predicted molar refractivity (Wildman–Crippen MR) is 112 cm³/mol. The Balaban J connectivity index is 1.48. The van der Waals surface area contributed by atoms with Gasteiger partial charge < -0.3 is 9.73 Å². The second-order valence-electron chi connectivity index (χ2n) is 6.74. The van der Waals surface area contributed by atoms with Crippen molar-refractivity contribution in [3.63, 3.8) is 0 Å². The van der Waals surface area contributed by atoms with E-state index in [1.807, 2.05) is 24.3 Å². The van der Waals surface area contributed by atoms with Crippen molar-refractivity contribution in [3.8, 4) is 11.6 Å². The molecule has 0 aliphatic heterocycles. The van der Waals surface area contributed by atoms with Gasteiger partial charge in [-0.2, -0.15) is 13.2 Å². The van der Waals surface area contributed by atoms with E-state index in [4.69, 9.17) is 4.42 Å². The van der Waals surface area contributed by atoms with Crippen LogP contribution in [-0.4, -0.2) is 31.5 Å². The number of alkyl halides is 3. The zero-order chi connectivity index (χ0) is 22.8. The molecule has 0 saturated carbocycles. The van der Waals surface area contributed by atoms with Gasteiger partial charge in [0.05, 0.1) is 22.2 Å². The summed E-state index contributed by atoms with van der Waals surface area (Å²) in [5.41, 5.74) is -0.364. The number of rotatable bonds is 7. The molecule has 7 nitrogen and oxygen atoms in total. The summed E-state index contributed by atoms with van der Waals surface area (Å²) in [5.74, 6) is 1.31. The molecule has 2 N–H and O–H groups in total. The minimum Gasteiger partial charge on any atom is -0.461 e. The van der Waals surface area contributed by atoms with Crippen LogP contribution in [0.3, 0.4) is 0 Å². The molecule has 2 heterocycles. The highest BCUT2D eigenvalue weighted by atomic mass is 32.2. The van der Waals surface area contributed by atoms with E-state index in [0.717, 1.165) is 23.6 Å². The number of halogens is 3. The van der Waals surface area contributed by atoms with Crippen LogP contribution in [0.15, 0.2) is 76.2 Å².